The Morgan fingerprint density at radius 1 is 1.10 bits per heavy atom. The van der Waals surface area contributed by atoms with E-state index in [4.69, 9.17) is 4.98 Å². The number of nitrogens with zero attached hydrogens (tertiary/aromatic N) is 4. The number of piperazine rings is 1. The molecule has 3 heterocycles. The molecule has 4 rings (SSSR count). The molecule has 1 aliphatic heterocycles. The minimum atomic E-state index is -0.0490. The van der Waals surface area contributed by atoms with E-state index in [0.29, 0.717) is 12.1 Å². The lowest BCUT2D eigenvalue weighted by Gasteiger charge is -2.32. The third-order valence-electron chi connectivity index (χ3n) is 5.45. The van der Waals surface area contributed by atoms with Gasteiger partial charge in [-0.25, -0.2) is 4.98 Å². The molecule has 0 aliphatic carbocycles. The van der Waals surface area contributed by atoms with Gasteiger partial charge in [-0.15, -0.1) is 0 Å². The fourth-order valence-corrected chi connectivity index (χ4v) is 3.70. The van der Waals surface area contributed by atoms with Crippen LogP contribution in [0.15, 0.2) is 54.9 Å². The Morgan fingerprint density at radius 3 is 2.72 bits per heavy atom. The molecule has 29 heavy (non-hydrogen) atoms. The van der Waals surface area contributed by atoms with E-state index in [2.05, 4.69) is 27.1 Å². The summed E-state index contributed by atoms with van der Waals surface area (Å²) in [5.41, 5.74) is 3.15. The molecule has 1 saturated heterocycles. The van der Waals surface area contributed by atoms with Gasteiger partial charge in [0.2, 0.25) is 0 Å². The maximum Gasteiger partial charge on any atom is 0.252 e. The summed E-state index contributed by atoms with van der Waals surface area (Å²) < 4.78 is 0. The van der Waals surface area contributed by atoms with Crippen molar-refractivity contribution in [2.75, 3.05) is 46.3 Å². The lowest BCUT2D eigenvalue weighted by atomic mass is 10.0. The van der Waals surface area contributed by atoms with Crippen LogP contribution in [0.5, 0.6) is 0 Å². The minimum absolute atomic E-state index is 0.0490. The zero-order valence-electron chi connectivity index (χ0n) is 16.8. The van der Waals surface area contributed by atoms with Crippen molar-refractivity contribution in [2.45, 2.75) is 6.42 Å². The predicted molar refractivity (Wildman–Crippen MR) is 116 cm³/mol. The van der Waals surface area contributed by atoms with Gasteiger partial charge in [-0.2, -0.15) is 0 Å². The number of likely N-dealkylation sites (N-methyl/N-ethyl adjacent to an activating group) is 1. The van der Waals surface area contributed by atoms with Crippen molar-refractivity contribution in [1.29, 1.82) is 0 Å². The highest BCUT2D eigenvalue weighted by molar-refractivity contribution is 6.07. The number of carbonyl (C=O) groups is 1. The van der Waals surface area contributed by atoms with Crippen molar-refractivity contribution in [3.05, 3.63) is 60.4 Å². The highest BCUT2D eigenvalue weighted by atomic mass is 16.1. The molecule has 150 valence electrons. The first kappa shape index (κ1) is 19.5. The van der Waals surface area contributed by atoms with E-state index in [0.717, 1.165) is 61.3 Å². The molecule has 3 aromatic rings. The maximum absolute atomic E-state index is 13.0. The number of pyridine rings is 2. The van der Waals surface area contributed by atoms with Gasteiger partial charge in [0.05, 0.1) is 16.8 Å². The fourth-order valence-electron chi connectivity index (χ4n) is 3.70. The molecule has 0 atom stereocenters. The van der Waals surface area contributed by atoms with Gasteiger partial charge in [0.25, 0.3) is 5.91 Å². The van der Waals surface area contributed by atoms with Crippen molar-refractivity contribution < 1.29 is 4.79 Å². The highest BCUT2D eigenvalue weighted by Crippen LogP contribution is 2.24. The molecule has 1 amide bonds. The first-order valence-electron chi connectivity index (χ1n) is 10.2. The van der Waals surface area contributed by atoms with Crippen LogP contribution in [0.4, 0.5) is 0 Å². The van der Waals surface area contributed by atoms with Crippen LogP contribution in [0.1, 0.15) is 16.8 Å². The molecule has 6 nitrogen and oxygen atoms in total. The number of aromatic nitrogens is 2. The van der Waals surface area contributed by atoms with Gasteiger partial charge >= 0.3 is 0 Å². The monoisotopic (exact) mass is 389 g/mol. The number of hydrogen-bond acceptors (Lipinski definition) is 5. The number of para-hydroxylation sites is 1. The number of amides is 1. The molecule has 1 fully saturated rings. The molecular weight excluding hydrogens is 362 g/mol. The Hall–Kier alpha value is -2.83. The third kappa shape index (κ3) is 4.78. The zero-order valence-corrected chi connectivity index (χ0v) is 16.8. The molecular formula is C23H27N5O. The van der Waals surface area contributed by atoms with Gasteiger partial charge in [0.1, 0.15) is 0 Å². The number of nitrogens with one attached hydrogen (secondary N) is 1. The first-order valence-corrected chi connectivity index (χ1v) is 10.2. The second kappa shape index (κ2) is 9.11. The van der Waals surface area contributed by atoms with Gasteiger partial charge in [0.15, 0.2) is 0 Å². The number of fused-ring (bicyclic) bond motifs is 1. The fraction of sp³-hybridized carbons (Fsp3) is 0.348. The number of carbonyl (C=O) groups excluding carboxylic acids is 1. The van der Waals surface area contributed by atoms with E-state index < -0.39 is 0 Å². The summed E-state index contributed by atoms with van der Waals surface area (Å²) in [5.74, 6) is -0.0490. The van der Waals surface area contributed by atoms with Crippen molar-refractivity contribution in [3.63, 3.8) is 0 Å². The van der Waals surface area contributed by atoms with Gasteiger partial charge in [-0.05, 0) is 44.3 Å². The minimum Gasteiger partial charge on any atom is -0.352 e. The summed E-state index contributed by atoms with van der Waals surface area (Å²) in [5, 5.41) is 3.97. The lowest BCUT2D eigenvalue weighted by molar-refractivity contribution is 0.0951. The standard InChI is InChI=1S/C23H27N5O/c1-27-12-14-28(15-13-27)11-5-10-25-23(29)20-16-22(18-6-4-9-24-17-18)26-21-8-3-2-7-19(20)21/h2-4,6-9,16-17H,5,10-15H2,1H3,(H,25,29). The van der Waals surface area contributed by atoms with Crippen molar-refractivity contribution in [3.8, 4) is 11.3 Å². The summed E-state index contributed by atoms with van der Waals surface area (Å²) >= 11 is 0. The average Bonchev–Trinajstić information content (AvgIpc) is 2.77. The van der Waals surface area contributed by atoms with E-state index >= 15 is 0 Å². The van der Waals surface area contributed by atoms with Crippen LogP contribution in [0, 0.1) is 0 Å². The summed E-state index contributed by atoms with van der Waals surface area (Å²) in [4.78, 5) is 26.7. The molecule has 0 radical (unpaired) electrons. The van der Waals surface area contributed by atoms with Crippen LogP contribution in [0.25, 0.3) is 22.2 Å². The molecule has 6 heteroatoms. The lowest BCUT2D eigenvalue weighted by Crippen LogP contribution is -2.45. The molecule has 0 bridgehead atoms. The van der Waals surface area contributed by atoms with Crippen LogP contribution < -0.4 is 5.32 Å². The van der Waals surface area contributed by atoms with E-state index in [9.17, 15) is 4.79 Å². The Morgan fingerprint density at radius 2 is 1.93 bits per heavy atom. The SMILES string of the molecule is CN1CCN(CCCNC(=O)c2cc(-c3cccnc3)nc3ccccc23)CC1. The highest BCUT2D eigenvalue weighted by Gasteiger charge is 2.15. The topological polar surface area (TPSA) is 61.4 Å². The van der Waals surface area contributed by atoms with E-state index in [-0.39, 0.29) is 5.91 Å². The third-order valence-corrected chi connectivity index (χ3v) is 5.45. The quantitative estimate of drug-likeness (QED) is 0.657. The second-order valence-electron chi connectivity index (χ2n) is 7.57. The number of benzene rings is 1. The molecule has 1 N–H and O–H groups in total. The zero-order chi connectivity index (χ0) is 20.1. The van der Waals surface area contributed by atoms with Crippen LogP contribution in [-0.2, 0) is 0 Å². The smallest absolute Gasteiger partial charge is 0.252 e. The summed E-state index contributed by atoms with van der Waals surface area (Å²) in [6.45, 7) is 6.14. The van der Waals surface area contributed by atoms with Crippen LogP contribution in [-0.4, -0.2) is 72.0 Å². The van der Waals surface area contributed by atoms with Crippen molar-refractivity contribution in [1.82, 2.24) is 25.1 Å². The number of rotatable bonds is 6. The maximum atomic E-state index is 13.0. The van der Waals surface area contributed by atoms with Crippen LogP contribution in [0.2, 0.25) is 0 Å². The summed E-state index contributed by atoms with van der Waals surface area (Å²) in [6, 6.07) is 13.5. The van der Waals surface area contributed by atoms with E-state index in [1.807, 2.05) is 42.5 Å². The largest absolute Gasteiger partial charge is 0.352 e. The van der Waals surface area contributed by atoms with Gasteiger partial charge in [0, 0.05) is 56.1 Å². The second-order valence-corrected chi connectivity index (χ2v) is 7.57. The summed E-state index contributed by atoms with van der Waals surface area (Å²) in [7, 11) is 2.16. The van der Waals surface area contributed by atoms with Gasteiger partial charge in [-0.3, -0.25) is 9.78 Å². The van der Waals surface area contributed by atoms with E-state index in [1.54, 1.807) is 12.4 Å². The Labute approximate surface area is 171 Å². The van der Waals surface area contributed by atoms with Crippen LogP contribution in [0.3, 0.4) is 0 Å². The molecule has 2 aromatic heterocycles. The normalized spacial score (nSPS) is 15.5. The Bertz CT molecular complexity index is 967. The molecule has 0 saturated carbocycles. The molecule has 0 spiro atoms. The van der Waals surface area contributed by atoms with Gasteiger partial charge in [-0.1, -0.05) is 18.2 Å². The van der Waals surface area contributed by atoms with Gasteiger partial charge < -0.3 is 15.1 Å². The molecule has 1 aromatic carbocycles. The number of hydrogen-bond donors (Lipinski definition) is 1. The van der Waals surface area contributed by atoms with Crippen molar-refractivity contribution >= 4 is 16.8 Å². The van der Waals surface area contributed by atoms with Crippen molar-refractivity contribution in [2.24, 2.45) is 0 Å². The summed E-state index contributed by atoms with van der Waals surface area (Å²) in [6.07, 6.45) is 4.46. The Balaban J connectivity index is 1.45. The molecule has 0 unspecified atom stereocenters. The predicted octanol–water partition coefficient (Wildman–Crippen LogP) is 2.66. The molecule has 1 aliphatic rings. The average molecular weight is 390 g/mol. The van der Waals surface area contributed by atoms with E-state index in [1.165, 1.54) is 0 Å². The first-order chi connectivity index (χ1) is 14.2. The van der Waals surface area contributed by atoms with Crippen LogP contribution >= 0.6 is 0 Å². The Kier molecular flexibility index (Phi) is 6.12.